The molecule has 0 bridgehead atoms. The van der Waals surface area contributed by atoms with E-state index in [0.29, 0.717) is 22.9 Å². The number of methoxy groups -OCH3 is 2. The summed E-state index contributed by atoms with van der Waals surface area (Å²) in [5, 5.41) is 8.90. The van der Waals surface area contributed by atoms with Crippen molar-refractivity contribution in [1.82, 2.24) is 4.57 Å². The number of nitrogens with zero attached hydrogens (tertiary/aromatic N) is 1. The molecule has 0 fully saturated rings. The van der Waals surface area contributed by atoms with Crippen molar-refractivity contribution in [2.24, 2.45) is 0 Å². The first-order valence-corrected chi connectivity index (χ1v) is 6.62. The lowest BCUT2D eigenvalue weighted by Gasteiger charge is -2.16. The molecule has 22 heavy (non-hydrogen) atoms. The zero-order chi connectivity index (χ0) is 16.3. The number of carbonyl (C=O) groups is 1. The van der Waals surface area contributed by atoms with Crippen LogP contribution in [-0.2, 0) is 11.2 Å². The van der Waals surface area contributed by atoms with E-state index in [0.717, 1.165) is 0 Å². The van der Waals surface area contributed by atoms with Gasteiger partial charge in [0.25, 0.3) is 0 Å². The molecular weight excluding hydrogens is 286 g/mol. The Labute approximate surface area is 127 Å². The van der Waals surface area contributed by atoms with Crippen LogP contribution in [-0.4, -0.2) is 29.9 Å². The van der Waals surface area contributed by atoms with Crippen LogP contribution in [0.25, 0.3) is 5.69 Å². The second kappa shape index (κ2) is 6.34. The number of rotatable bonds is 5. The first-order chi connectivity index (χ1) is 10.5. The van der Waals surface area contributed by atoms with E-state index in [-0.39, 0.29) is 17.4 Å². The van der Waals surface area contributed by atoms with Gasteiger partial charge in [-0.15, -0.1) is 0 Å². The number of ether oxygens (including phenoxy) is 2. The summed E-state index contributed by atoms with van der Waals surface area (Å²) in [7, 11) is 3.10. The van der Waals surface area contributed by atoms with Crippen molar-refractivity contribution in [2.75, 3.05) is 14.2 Å². The van der Waals surface area contributed by atoms with Crippen molar-refractivity contribution in [3.63, 3.8) is 0 Å². The molecule has 1 heterocycles. The molecule has 116 valence electrons. The number of aliphatic carboxylic acids is 1. The lowest BCUT2D eigenvalue weighted by molar-refractivity contribution is -0.136. The summed E-state index contributed by atoms with van der Waals surface area (Å²) >= 11 is 0. The maximum atomic E-state index is 11.9. The Morgan fingerprint density at radius 3 is 2.55 bits per heavy atom. The van der Waals surface area contributed by atoms with Crippen molar-refractivity contribution in [3.05, 3.63) is 51.9 Å². The zero-order valence-corrected chi connectivity index (χ0v) is 12.6. The predicted octanol–water partition coefficient (Wildman–Crippen LogP) is 1.79. The summed E-state index contributed by atoms with van der Waals surface area (Å²) in [4.78, 5) is 22.8. The predicted molar refractivity (Wildman–Crippen MR) is 81.2 cm³/mol. The monoisotopic (exact) mass is 303 g/mol. The molecule has 1 aromatic heterocycles. The Morgan fingerprint density at radius 1 is 1.23 bits per heavy atom. The Kier molecular flexibility index (Phi) is 4.50. The fourth-order valence-corrected chi connectivity index (χ4v) is 2.21. The van der Waals surface area contributed by atoms with Crippen LogP contribution in [0.4, 0.5) is 0 Å². The highest BCUT2D eigenvalue weighted by molar-refractivity contribution is 5.70. The van der Waals surface area contributed by atoms with Gasteiger partial charge in [0.2, 0.25) is 0 Å². The largest absolute Gasteiger partial charge is 0.497 e. The summed E-state index contributed by atoms with van der Waals surface area (Å²) < 4.78 is 12.2. The van der Waals surface area contributed by atoms with Gasteiger partial charge in [-0.05, 0) is 19.1 Å². The average Bonchev–Trinajstić information content (AvgIpc) is 2.49. The fraction of sp³-hybridized carbons (Fsp3) is 0.250. The second-order valence-corrected chi connectivity index (χ2v) is 4.78. The minimum absolute atomic E-state index is 0.218. The van der Waals surface area contributed by atoms with Crippen LogP contribution in [0, 0.1) is 6.92 Å². The number of pyridine rings is 1. The van der Waals surface area contributed by atoms with E-state index >= 15 is 0 Å². The Hall–Kier alpha value is -2.76. The minimum atomic E-state index is -1.05. The molecule has 1 N–H and O–H groups in total. The van der Waals surface area contributed by atoms with E-state index < -0.39 is 5.97 Å². The fourth-order valence-electron chi connectivity index (χ4n) is 2.21. The lowest BCUT2D eigenvalue weighted by atomic mass is 10.1. The molecule has 0 aliphatic carbocycles. The van der Waals surface area contributed by atoms with Gasteiger partial charge in [-0.25, -0.2) is 0 Å². The molecule has 0 atom stereocenters. The van der Waals surface area contributed by atoms with E-state index in [4.69, 9.17) is 14.6 Å². The standard InChI is InChI=1S/C16H17NO5/c1-10-6-14(18)11(7-16(19)20)9-17(10)13-5-4-12(21-2)8-15(13)22-3/h4-6,8-9H,7H2,1-3H3,(H,19,20). The number of hydrogen-bond donors (Lipinski definition) is 1. The molecular formula is C16H17NO5. The van der Waals surface area contributed by atoms with Crippen LogP contribution in [0.2, 0.25) is 0 Å². The normalized spacial score (nSPS) is 10.3. The number of aromatic nitrogens is 1. The topological polar surface area (TPSA) is 77.8 Å². The van der Waals surface area contributed by atoms with Gasteiger partial charge in [0.15, 0.2) is 5.43 Å². The van der Waals surface area contributed by atoms with Gasteiger partial charge in [0.05, 0.1) is 26.3 Å². The third kappa shape index (κ3) is 3.11. The van der Waals surface area contributed by atoms with Crippen molar-refractivity contribution >= 4 is 5.97 Å². The molecule has 6 nitrogen and oxygen atoms in total. The Bertz CT molecular complexity index is 764. The first kappa shape index (κ1) is 15.6. The zero-order valence-electron chi connectivity index (χ0n) is 12.6. The maximum Gasteiger partial charge on any atom is 0.308 e. The highest BCUT2D eigenvalue weighted by Crippen LogP contribution is 2.28. The van der Waals surface area contributed by atoms with Gasteiger partial charge < -0.3 is 19.1 Å². The van der Waals surface area contributed by atoms with E-state index in [2.05, 4.69) is 0 Å². The summed E-state index contributed by atoms with van der Waals surface area (Å²) in [5.41, 5.74) is 1.31. The van der Waals surface area contributed by atoms with Crippen LogP contribution in [0.1, 0.15) is 11.3 Å². The smallest absolute Gasteiger partial charge is 0.308 e. The molecule has 2 aromatic rings. The summed E-state index contributed by atoms with van der Waals surface area (Å²) in [6.07, 6.45) is 1.22. The molecule has 0 aliphatic heterocycles. The van der Waals surface area contributed by atoms with Crippen LogP contribution >= 0.6 is 0 Å². The van der Waals surface area contributed by atoms with Crippen LogP contribution < -0.4 is 14.9 Å². The van der Waals surface area contributed by atoms with Crippen LogP contribution in [0.15, 0.2) is 35.3 Å². The van der Waals surface area contributed by atoms with Crippen molar-refractivity contribution in [3.8, 4) is 17.2 Å². The van der Waals surface area contributed by atoms with Crippen LogP contribution in [0.3, 0.4) is 0 Å². The quantitative estimate of drug-likeness (QED) is 0.911. The van der Waals surface area contributed by atoms with Gasteiger partial charge in [-0.1, -0.05) is 0 Å². The molecule has 6 heteroatoms. The molecule has 2 rings (SSSR count). The first-order valence-electron chi connectivity index (χ1n) is 6.62. The molecule has 0 radical (unpaired) electrons. The Balaban J connectivity index is 2.61. The van der Waals surface area contributed by atoms with E-state index in [9.17, 15) is 9.59 Å². The molecule has 0 saturated carbocycles. The number of carboxylic acids is 1. The molecule has 1 aromatic carbocycles. The van der Waals surface area contributed by atoms with Crippen LogP contribution in [0.5, 0.6) is 11.5 Å². The molecule has 0 aliphatic rings. The van der Waals surface area contributed by atoms with Gasteiger partial charge in [0.1, 0.15) is 11.5 Å². The SMILES string of the molecule is COc1ccc(-n2cc(CC(=O)O)c(=O)cc2C)c(OC)c1. The molecule has 0 unspecified atom stereocenters. The second-order valence-electron chi connectivity index (χ2n) is 4.78. The average molecular weight is 303 g/mol. The van der Waals surface area contributed by atoms with Gasteiger partial charge >= 0.3 is 5.97 Å². The minimum Gasteiger partial charge on any atom is -0.497 e. The maximum absolute atomic E-state index is 11.9. The van der Waals surface area contributed by atoms with E-state index in [1.165, 1.54) is 19.4 Å². The summed E-state index contributed by atoms with van der Waals surface area (Å²) in [5.74, 6) is 0.159. The third-order valence-corrected chi connectivity index (χ3v) is 3.31. The van der Waals surface area contributed by atoms with Gasteiger partial charge in [0, 0.05) is 29.6 Å². The lowest BCUT2D eigenvalue weighted by Crippen LogP contribution is -2.17. The molecule has 0 spiro atoms. The highest BCUT2D eigenvalue weighted by atomic mass is 16.5. The third-order valence-electron chi connectivity index (χ3n) is 3.31. The van der Waals surface area contributed by atoms with E-state index in [1.807, 2.05) is 0 Å². The molecule has 0 saturated heterocycles. The molecule has 0 amide bonds. The highest BCUT2D eigenvalue weighted by Gasteiger charge is 2.12. The van der Waals surface area contributed by atoms with Gasteiger partial charge in [-0.3, -0.25) is 9.59 Å². The van der Waals surface area contributed by atoms with Crippen molar-refractivity contribution in [1.29, 1.82) is 0 Å². The number of benzene rings is 1. The Morgan fingerprint density at radius 2 is 1.95 bits per heavy atom. The number of hydrogen-bond acceptors (Lipinski definition) is 4. The summed E-state index contributed by atoms with van der Waals surface area (Å²) in [6, 6.07) is 6.71. The van der Waals surface area contributed by atoms with Crippen molar-refractivity contribution in [2.45, 2.75) is 13.3 Å². The van der Waals surface area contributed by atoms with Gasteiger partial charge in [-0.2, -0.15) is 0 Å². The number of aryl methyl sites for hydroxylation is 1. The summed E-state index contributed by atoms with van der Waals surface area (Å²) in [6.45, 7) is 1.77. The number of carboxylic acid groups (broad SMARTS) is 1. The van der Waals surface area contributed by atoms with E-state index in [1.54, 1.807) is 36.8 Å². The van der Waals surface area contributed by atoms with Crippen molar-refractivity contribution < 1.29 is 19.4 Å².